The molecule has 7 nitrogen and oxygen atoms in total. The zero-order chi connectivity index (χ0) is 24.2. The van der Waals surface area contributed by atoms with Gasteiger partial charge in [-0.25, -0.2) is 0 Å². The Labute approximate surface area is 221 Å². The molecule has 5 aliphatic rings. The van der Waals surface area contributed by atoms with Crippen LogP contribution in [0.25, 0.3) is 11.0 Å². The van der Waals surface area contributed by atoms with Gasteiger partial charge in [0.1, 0.15) is 11.7 Å². The van der Waals surface area contributed by atoms with Crippen LogP contribution >= 0.6 is 12.4 Å². The summed E-state index contributed by atoms with van der Waals surface area (Å²) < 4.78 is 12.2. The third-order valence-corrected chi connectivity index (χ3v) is 9.80. The minimum absolute atomic E-state index is 0. The van der Waals surface area contributed by atoms with E-state index in [0.29, 0.717) is 29.7 Å². The summed E-state index contributed by atoms with van der Waals surface area (Å²) in [5.41, 5.74) is 1.60. The molecule has 2 saturated carbocycles. The van der Waals surface area contributed by atoms with Gasteiger partial charge in [0.25, 0.3) is 5.91 Å². The Morgan fingerprint density at radius 1 is 1.14 bits per heavy atom. The molecule has 0 unspecified atom stereocenters. The predicted molar refractivity (Wildman–Crippen MR) is 140 cm³/mol. The van der Waals surface area contributed by atoms with Gasteiger partial charge in [-0.05, 0) is 74.8 Å². The molecule has 3 N–H and O–H groups in total. The first kappa shape index (κ1) is 23.4. The van der Waals surface area contributed by atoms with Gasteiger partial charge in [0.05, 0.1) is 28.9 Å². The average Bonchev–Trinajstić information content (AvgIpc) is 3.41. The number of carbonyl (C=O) groups is 1. The quantitative estimate of drug-likeness (QED) is 0.481. The number of hydrogen-bond donors (Lipinski definition) is 3. The molecule has 1 aromatic heterocycles. The molecule has 37 heavy (non-hydrogen) atoms. The van der Waals surface area contributed by atoms with Crippen molar-refractivity contribution in [1.82, 2.24) is 10.2 Å². The van der Waals surface area contributed by atoms with Crippen molar-refractivity contribution in [3.05, 3.63) is 59.4 Å². The van der Waals surface area contributed by atoms with Crippen molar-refractivity contribution in [1.29, 1.82) is 0 Å². The highest BCUT2D eigenvalue weighted by atomic mass is 35.5. The smallest absolute Gasteiger partial charge is 0.255 e. The number of halogens is 1. The largest absolute Gasteiger partial charge is 0.504 e. The monoisotopic (exact) mass is 522 g/mol. The maximum absolute atomic E-state index is 13.5. The first-order valence-electron chi connectivity index (χ1n) is 13.2. The minimum atomic E-state index is -0.959. The molecule has 1 amide bonds. The van der Waals surface area contributed by atoms with Gasteiger partial charge >= 0.3 is 0 Å². The van der Waals surface area contributed by atoms with Crippen molar-refractivity contribution >= 4 is 29.3 Å². The summed E-state index contributed by atoms with van der Waals surface area (Å²) in [6.07, 6.45) is 6.43. The molecular formula is C29H31ClN2O5. The first-order valence-corrected chi connectivity index (χ1v) is 13.2. The fourth-order valence-corrected chi connectivity index (χ4v) is 8.05. The van der Waals surface area contributed by atoms with E-state index in [1.807, 2.05) is 24.3 Å². The summed E-state index contributed by atoms with van der Waals surface area (Å²) in [6, 6.07) is 10.9. The lowest BCUT2D eigenvalue weighted by molar-refractivity contribution is -0.191. The van der Waals surface area contributed by atoms with Crippen LogP contribution in [0.3, 0.4) is 0 Å². The van der Waals surface area contributed by atoms with Crippen LogP contribution in [0, 0.1) is 5.92 Å². The Balaban J connectivity index is 0.00000231. The van der Waals surface area contributed by atoms with E-state index in [0.717, 1.165) is 48.4 Å². The first-order chi connectivity index (χ1) is 17.5. The second kappa shape index (κ2) is 7.88. The third-order valence-electron chi connectivity index (χ3n) is 9.80. The van der Waals surface area contributed by atoms with Crippen LogP contribution in [-0.4, -0.2) is 57.9 Å². The Morgan fingerprint density at radius 2 is 2.00 bits per heavy atom. The maximum atomic E-state index is 13.5. The molecule has 2 aliphatic heterocycles. The topological polar surface area (TPSA) is 95.2 Å². The number of nitrogens with zero attached hydrogens (tertiary/aromatic N) is 1. The molecule has 194 valence electrons. The van der Waals surface area contributed by atoms with Crippen LogP contribution in [0.15, 0.2) is 47.1 Å². The molecule has 2 bridgehead atoms. The predicted octanol–water partition coefficient (Wildman–Crippen LogP) is 3.92. The Hall–Kier alpha value is -2.74. The SMILES string of the molecule is Cl.O=C(N[C@@H]1CC[C@@]2(O)[C@H]3Cc4ccc(O)c5c4[C@@]2(CCN3CC2CC2)[C@H]1O5)c1cccc2ccoc12. The van der Waals surface area contributed by atoms with Crippen LogP contribution in [0.1, 0.15) is 53.6 Å². The van der Waals surface area contributed by atoms with Crippen molar-refractivity contribution in [2.24, 2.45) is 5.92 Å². The second-order valence-electron chi connectivity index (χ2n) is 11.6. The van der Waals surface area contributed by atoms with Gasteiger partial charge in [-0.15, -0.1) is 12.4 Å². The third kappa shape index (κ3) is 2.99. The summed E-state index contributed by atoms with van der Waals surface area (Å²) in [5, 5.41) is 27.5. The van der Waals surface area contributed by atoms with E-state index < -0.39 is 17.1 Å². The van der Waals surface area contributed by atoms with E-state index in [9.17, 15) is 15.0 Å². The molecule has 1 spiro atoms. The number of piperidine rings is 1. The highest BCUT2D eigenvalue weighted by Gasteiger charge is 2.73. The van der Waals surface area contributed by atoms with Crippen molar-refractivity contribution < 1.29 is 24.2 Å². The summed E-state index contributed by atoms with van der Waals surface area (Å²) in [4.78, 5) is 16.0. The molecule has 3 aromatic rings. The average molecular weight is 523 g/mol. The number of furan rings is 1. The van der Waals surface area contributed by atoms with Crippen LogP contribution in [0.4, 0.5) is 0 Å². The Kier molecular flexibility index (Phi) is 4.98. The number of nitrogens with one attached hydrogen (secondary N) is 1. The van der Waals surface area contributed by atoms with Gasteiger partial charge in [0, 0.05) is 23.5 Å². The molecule has 3 heterocycles. The van der Waals surface area contributed by atoms with Gasteiger partial charge in [0.2, 0.25) is 0 Å². The zero-order valence-electron chi connectivity index (χ0n) is 20.5. The van der Waals surface area contributed by atoms with E-state index in [2.05, 4.69) is 10.2 Å². The highest BCUT2D eigenvalue weighted by molar-refractivity contribution is 6.05. The summed E-state index contributed by atoms with van der Waals surface area (Å²) in [5.74, 6) is 1.16. The number of amides is 1. The van der Waals surface area contributed by atoms with Gasteiger partial charge in [-0.3, -0.25) is 9.69 Å². The van der Waals surface area contributed by atoms with Gasteiger partial charge < -0.3 is 24.7 Å². The lowest BCUT2D eigenvalue weighted by Gasteiger charge is -2.64. The molecule has 1 saturated heterocycles. The molecule has 5 atom stereocenters. The normalized spacial score (nSPS) is 33.4. The number of carbonyl (C=O) groups excluding carboxylic acids is 1. The number of benzene rings is 2. The number of aliphatic hydroxyl groups is 1. The van der Waals surface area contributed by atoms with Crippen molar-refractivity contribution in [2.75, 3.05) is 13.1 Å². The molecular weight excluding hydrogens is 492 g/mol. The van der Waals surface area contributed by atoms with E-state index in [1.165, 1.54) is 12.8 Å². The Bertz CT molecular complexity index is 1420. The number of para-hydroxylation sites is 1. The van der Waals surface area contributed by atoms with E-state index in [4.69, 9.17) is 9.15 Å². The summed E-state index contributed by atoms with van der Waals surface area (Å²) >= 11 is 0. The number of phenolic OH excluding ortho intramolecular Hbond substituents is 1. The van der Waals surface area contributed by atoms with Crippen LogP contribution in [0.2, 0.25) is 0 Å². The van der Waals surface area contributed by atoms with Crippen LogP contribution in [0.5, 0.6) is 11.5 Å². The fraction of sp³-hybridized carbons (Fsp3) is 0.483. The lowest BCUT2D eigenvalue weighted by Crippen LogP contribution is -2.78. The molecule has 8 rings (SSSR count). The minimum Gasteiger partial charge on any atom is -0.504 e. The standard InChI is InChI=1S/C29H30N2O5.ClH/c32-21-7-6-18-14-22-29(34)10-8-20(30-27(33)19-3-1-2-17-9-13-35-24(17)19)26-28(29,23(18)25(21)36-26)11-12-31(22)15-16-4-5-16;/h1-3,6-7,9,13,16,20,22,26,32,34H,4-5,8,10-12,14-15H2,(H,30,33);1H/t20-,22-,26+,28+,29-;/m1./s1. The van der Waals surface area contributed by atoms with E-state index in [1.54, 1.807) is 18.4 Å². The van der Waals surface area contributed by atoms with Crippen molar-refractivity contribution in [2.45, 2.75) is 67.7 Å². The number of aromatic hydroxyl groups is 1. The van der Waals surface area contributed by atoms with E-state index >= 15 is 0 Å². The number of phenols is 1. The number of likely N-dealkylation sites (tertiary alicyclic amines) is 1. The second-order valence-corrected chi connectivity index (χ2v) is 11.6. The number of fused-ring (bicyclic) bond motifs is 1. The number of hydrogen-bond acceptors (Lipinski definition) is 6. The molecule has 0 radical (unpaired) electrons. The summed E-state index contributed by atoms with van der Waals surface area (Å²) in [7, 11) is 0. The molecule has 3 aliphatic carbocycles. The van der Waals surface area contributed by atoms with E-state index in [-0.39, 0.29) is 36.1 Å². The molecule has 8 heteroatoms. The zero-order valence-corrected chi connectivity index (χ0v) is 21.3. The van der Waals surface area contributed by atoms with Crippen molar-refractivity contribution in [3.8, 4) is 11.5 Å². The van der Waals surface area contributed by atoms with Crippen molar-refractivity contribution in [3.63, 3.8) is 0 Å². The lowest BCUT2D eigenvalue weighted by atomic mass is 9.48. The van der Waals surface area contributed by atoms with Gasteiger partial charge in [-0.1, -0.05) is 18.2 Å². The van der Waals surface area contributed by atoms with Crippen LogP contribution < -0.4 is 10.1 Å². The molecule has 3 fully saturated rings. The number of ether oxygens (including phenoxy) is 1. The maximum Gasteiger partial charge on any atom is 0.255 e. The van der Waals surface area contributed by atoms with Gasteiger partial charge in [-0.2, -0.15) is 0 Å². The summed E-state index contributed by atoms with van der Waals surface area (Å²) in [6.45, 7) is 1.94. The van der Waals surface area contributed by atoms with Crippen LogP contribution in [-0.2, 0) is 11.8 Å². The fourth-order valence-electron chi connectivity index (χ4n) is 8.05. The van der Waals surface area contributed by atoms with Gasteiger partial charge in [0.15, 0.2) is 11.5 Å². The highest BCUT2D eigenvalue weighted by Crippen LogP contribution is 2.65. The Morgan fingerprint density at radius 3 is 2.84 bits per heavy atom. The number of rotatable bonds is 4. The molecule has 2 aromatic carbocycles.